The van der Waals surface area contributed by atoms with Gasteiger partial charge >= 0.3 is 0 Å². The minimum Gasteiger partial charge on any atom is -0.381 e. The molecule has 1 amide bonds. The summed E-state index contributed by atoms with van der Waals surface area (Å²) in [6, 6.07) is 7.87. The molecule has 1 aromatic carbocycles. The topological polar surface area (TPSA) is 56.9 Å². The van der Waals surface area contributed by atoms with Gasteiger partial charge in [-0.1, -0.05) is 6.07 Å². The maximum atomic E-state index is 11.0. The van der Waals surface area contributed by atoms with E-state index in [1.165, 1.54) is 12.5 Å². The van der Waals surface area contributed by atoms with Gasteiger partial charge in [-0.25, -0.2) is 0 Å². The van der Waals surface area contributed by atoms with Crippen LogP contribution in [0, 0.1) is 6.92 Å². The highest BCUT2D eigenvalue weighted by Crippen LogP contribution is 2.20. The Morgan fingerprint density at radius 3 is 2.83 bits per heavy atom. The van der Waals surface area contributed by atoms with Crippen molar-refractivity contribution in [2.24, 2.45) is 0 Å². The molecular formula is C14H17N3O. The van der Waals surface area contributed by atoms with Gasteiger partial charge in [-0.05, 0) is 36.2 Å². The first-order valence-electron chi connectivity index (χ1n) is 5.89. The Labute approximate surface area is 106 Å². The van der Waals surface area contributed by atoms with E-state index in [2.05, 4.69) is 15.6 Å². The smallest absolute Gasteiger partial charge is 0.221 e. The van der Waals surface area contributed by atoms with Crippen LogP contribution in [-0.2, 0) is 11.3 Å². The van der Waals surface area contributed by atoms with Gasteiger partial charge in [0.15, 0.2) is 0 Å². The van der Waals surface area contributed by atoms with Crippen molar-refractivity contribution >= 4 is 17.3 Å². The third-order valence-corrected chi connectivity index (χ3v) is 2.70. The first-order chi connectivity index (χ1) is 8.65. The van der Waals surface area contributed by atoms with E-state index in [4.69, 9.17) is 0 Å². The average molecular weight is 243 g/mol. The number of hydrogen-bond acceptors (Lipinski definition) is 2. The van der Waals surface area contributed by atoms with Crippen LogP contribution in [0.3, 0.4) is 0 Å². The van der Waals surface area contributed by atoms with Crippen molar-refractivity contribution in [2.45, 2.75) is 20.4 Å². The second kappa shape index (κ2) is 5.40. The van der Waals surface area contributed by atoms with Crippen molar-refractivity contribution in [3.05, 3.63) is 47.8 Å². The van der Waals surface area contributed by atoms with Crippen LogP contribution < -0.4 is 10.6 Å². The molecule has 4 nitrogen and oxygen atoms in total. The van der Waals surface area contributed by atoms with Crippen molar-refractivity contribution in [1.82, 2.24) is 4.98 Å². The zero-order chi connectivity index (χ0) is 13.0. The number of carbonyl (C=O) groups excluding carboxylic acids is 1. The highest BCUT2D eigenvalue weighted by Gasteiger charge is 2.02. The number of anilines is 2. The van der Waals surface area contributed by atoms with Gasteiger partial charge in [0.1, 0.15) is 0 Å². The molecule has 0 aliphatic rings. The molecule has 94 valence electrons. The minimum absolute atomic E-state index is 0.0598. The fraction of sp³-hybridized carbons (Fsp3) is 0.214. The van der Waals surface area contributed by atoms with E-state index in [0.29, 0.717) is 0 Å². The van der Waals surface area contributed by atoms with Crippen LogP contribution in [-0.4, -0.2) is 10.9 Å². The maximum Gasteiger partial charge on any atom is 0.221 e. The number of rotatable bonds is 4. The van der Waals surface area contributed by atoms with Crippen LogP contribution in [0.5, 0.6) is 0 Å². The van der Waals surface area contributed by atoms with Crippen molar-refractivity contribution in [3.63, 3.8) is 0 Å². The molecule has 0 atom stereocenters. The highest BCUT2D eigenvalue weighted by atomic mass is 16.1. The lowest BCUT2D eigenvalue weighted by Gasteiger charge is -2.11. The Kier molecular flexibility index (Phi) is 3.67. The third-order valence-electron chi connectivity index (χ3n) is 2.70. The summed E-state index contributed by atoms with van der Waals surface area (Å²) in [6.07, 6.45) is 3.86. The van der Waals surface area contributed by atoms with Crippen LogP contribution in [0.25, 0.3) is 0 Å². The first kappa shape index (κ1) is 12.2. The number of hydrogen-bond donors (Lipinski definition) is 3. The van der Waals surface area contributed by atoms with Crippen molar-refractivity contribution in [1.29, 1.82) is 0 Å². The quantitative estimate of drug-likeness (QED) is 0.773. The second-order valence-electron chi connectivity index (χ2n) is 4.28. The zero-order valence-electron chi connectivity index (χ0n) is 10.6. The fourth-order valence-corrected chi connectivity index (χ4v) is 1.76. The summed E-state index contributed by atoms with van der Waals surface area (Å²) >= 11 is 0. The third kappa shape index (κ3) is 3.13. The molecule has 0 spiro atoms. The van der Waals surface area contributed by atoms with Gasteiger partial charge < -0.3 is 15.6 Å². The normalized spacial score (nSPS) is 10.1. The molecule has 4 heteroatoms. The van der Waals surface area contributed by atoms with Gasteiger partial charge in [-0.3, -0.25) is 4.79 Å². The van der Waals surface area contributed by atoms with E-state index in [0.717, 1.165) is 23.5 Å². The summed E-state index contributed by atoms with van der Waals surface area (Å²) in [5, 5.41) is 6.14. The largest absolute Gasteiger partial charge is 0.381 e. The summed E-state index contributed by atoms with van der Waals surface area (Å²) < 4.78 is 0. The molecular weight excluding hydrogens is 226 g/mol. The Balaban J connectivity index is 2.08. The molecule has 2 aromatic rings. The fourth-order valence-electron chi connectivity index (χ4n) is 1.76. The summed E-state index contributed by atoms with van der Waals surface area (Å²) in [6.45, 7) is 4.30. The first-order valence-corrected chi connectivity index (χ1v) is 5.89. The van der Waals surface area contributed by atoms with Gasteiger partial charge in [0.25, 0.3) is 0 Å². The molecule has 0 bridgehead atoms. The molecule has 0 aliphatic carbocycles. The van der Waals surface area contributed by atoms with E-state index >= 15 is 0 Å². The van der Waals surface area contributed by atoms with E-state index < -0.39 is 0 Å². The summed E-state index contributed by atoms with van der Waals surface area (Å²) in [5.41, 5.74) is 4.19. The van der Waals surface area contributed by atoms with Crippen LogP contribution >= 0.6 is 0 Å². The summed E-state index contributed by atoms with van der Waals surface area (Å²) in [5.74, 6) is -0.0598. The number of aryl methyl sites for hydroxylation is 1. The number of carbonyl (C=O) groups is 1. The Bertz CT molecular complexity index is 532. The number of aromatic amines is 1. The van der Waals surface area contributed by atoms with Gasteiger partial charge in [0.05, 0.1) is 0 Å². The van der Waals surface area contributed by atoms with Gasteiger partial charge in [0.2, 0.25) is 5.91 Å². The number of H-pyrrole nitrogens is 1. The zero-order valence-corrected chi connectivity index (χ0v) is 10.6. The lowest BCUT2D eigenvalue weighted by Crippen LogP contribution is -2.07. The monoisotopic (exact) mass is 243 g/mol. The molecule has 0 saturated heterocycles. The van der Waals surface area contributed by atoms with Gasteiger partial charge in [0, 0.05) is 37.2 Å². The minimum atomic E-state index is -0.0598. The number of aromatic nitrogens is 1. The van der Waals surface area contributed by atoms with Gasteiger partial charge in [-0.2, -0.15) is 0 Å². The van der Waals surface area contributed by atoms with Crippen molar-refractivity contribution < 1.29 is 4.79 Å². The molecule has 3 N–H and O–H groups in total. The van der Waals surface area contributed by atoms with Crippen LogP contribution in [0.15, 0.2) is 36.7 Å². The SMILES string of the molecule is CC(=O)Nc1ccc(C)c(NCc2cc[nH]c2)c1. The lowest BCUT2D eigenvalue weighted by molar-refractivity contribution is -0.114. The summed E-state index contributed by atoms with van der Waals surface area (Å²) in [7, 11) is 0. The number of nitrogens with one attached hydrogen (secondary N) is 3. The van der Waals surface area contributed by atoms with Gasteiger partial charge in [-0.15, -0.1) is 0 Å². The van der Waals surface area contributed by atoms with E-state index in [9.17, 15) is 4.79 Å². The number of benzene rings is 1. The average Bonchev–Trinajstić information content (AvgIpc) is 2.82. The van der Waals surface area contributed by atoms with Crippen LogP contribution in [0.2, 0.25) is 0 Å². The Morgan fingerprint density at radius 2 is 2.17 bits per heavy atom. The maximum absolute atomic E-state index is 11.0. The lowest BCUT2D eigenvalue weighted by atomic mass is 10.1. The molecule has 0 aliphatic heterocycles. The molecule has 1 aromatic heterocycles. The van der Waals surface area contributed by atoms with Crippen molar-refractivity contribution in [2.75, 3.05) is 10.6 Å². The second-order valence-corrected chi connectivity index (χ2v) is 4.28. The Morgan fingerprint density at radius 1 is 1.33 bits per heavy atom. The molecule has 0 saturated carbocycles. The summed E-state index contributed by atoms with van der Waals surface area (Å²) in [4.78, 5) is 14.0. The highest BCUT2D eigenvalue weighted by molar-refractivity contribution is 5.89. The molecule has 0 fully saturated rings. The number of amides is 1. The molecule has 0 unspecified atom stereocenters. The van der Waals surface area contributed by atoms with E-state index in [1.807, 2.05) is 43.6 Å². The standard InChI is InChI=1S/C14H17N3O/c1-10-3-4-13(17-11(2)18)7-14(10)16-9-12-5-6-15-8-12/h3-8,15-16H,9H2,1-2H3,(H,17,18). The van der Waals surface area contributed by atoms with E-state index in [-0.39, 0.29) is 5.91 Å². The predicted molar refractivity (Wildman–Crippen MR) is 73.6 cm³/mol. The Hall–Kier alpha value is -2.23. The van der Waals surface area contributed by atoms with E-state index in [1.54, 1.807) is 0 Å². The van der Waals surface area contributed by atoms with Crippen molar-refractivity contribution in [3.8, 4) is 0 Å². The van der Waals surface area contributed by atoms with Crippen LogP contribution in [0.4, 0.5) is 11.4 Å². The molecule has 2 rings (SSSR count). The predicted octanol–water partition coefficient (Wildman–Crippen LogP) is 2.89. The van der Waals surface area contributed by atoms with Crippen LogP contribution in [0.1, 0.15) is 18.1 Å². The molecule has 18 heavy (non-hydrogen) atoms. The molecule has 0 radical (unpaired) electrons. The molecule has 1 heterocycles.